The minimum atomic E-state index is 0.921. The molecule has 9 rings (SSSR count). The maximum Gasteiger partial charge on any atom is 0.0280 e. The van der Waals surface area contributed by atoms with Gasteiger partial charge in [0.05, 0.1) is 0 Å². The Morgan fingerprint density at radius 3 is 0.500 bits per heavy atom. The molecule has 8 aromatic rings. The summed E-state index contributed by atoms with van der Waals surface area (Å²) in [7, 11) is 0. The molecule has 0 bridgehead atoms. The van der Waals surface area contributed by atoms with Crippen molar-refractivity contribution in [3.8, 4) is 47.4 Å². The van der Waals surface area contributed by atoms with Crippen molar-refractivity contribution < 1.29 is 0 Å². The van der Waals surface area contributed by atoms with Crippen LogP contribution >= 0.6 is 0 Å². The van der Waals surface area contributed by atoms with Crippen molar-refractivity contribution in [2.75, 3.05) is 0 Å². The molecule has 0 aliphatic heterocycles. The van der Waals surface area contributed by atoms with Crippen LogP contribution in [-0.2, 0) is 0 Å². The molecular weight excluding hydrogens is 729 g/mol. The monoisotopic (exact) mass is 760 g/mol. The van der Waals surface area contributed by atoms with Gasteiger partial charge in [0.2, 0.25) is 0 Å². The smallest absolute Gasteiger partial charge is 0.0280 e. The molecule has 60 heavy (non-hydrogen) atoms. The predicted octanol–water partition coefficient (Wildman–Crippen LogP) is 10.4. The number of hydrogen-bond acceptors (Lipinski definition) is 4. The van der Waals surface area contributed by atoms with Gasteiger partial charge >= 0.3 is 0 Å². The Labute approximate surface area is 350 Å². The fourth-order valence-electron chi connectivity index (χ4n) is 6.79. The minimum Gasteiger partial charge on any atom is -0.265 e. The SMILES string of the molecule is C(#Cc1ccc(C2=C(c3ccc(C#Cc4ccncc4)cc3)C(c3ccc(C#Cc4ccncc4)cc3)=C2c2ccc(C#Cc3ccncc3)cc2)cc1)c1ccncc1. The second-order valence-electron chi connectivity index (χ2n) is 13.8. The molecule has 1 aliphatic carbocycles. The number of rotatable bonds is 4. The molecule has 4 aromatic heterocycles. The highest BCUT2D eigenvalue weighted by Gasteiger charge is 2.33. The lowest BCUT2D eigenvalue weighted by Crippen LogP contribution is -2.10. The highest BCUT2D eigenvalue weighted by atomic mass is 14.6. The molecule has 4 heterocycles. The molecule has 0 amide bonds. The summed E-state index contributed by atoms with van der Waals surface area (Å²) in [6.07, 6.45) is 14.1. The van der Waals surface area contributed by atoms with Gasteiger partial charge in [0, 0.05) is 94.1 Å². The summed E-state index contributed by atoms with van der Waals surface area (Å²) in [6, 6.07) is 49.4. The van der Waals surface area contributed by atoms with Gasteiger partial charge < -0.3 is 0 Å². The number of hydrogen-bond donors (Lipinski definition) is 0. The van der Waals surface area contributed by atoms with Crippen LogP contribution in [0.4, 0.5) is 0 Å². The van der Waals surface area contributed by atoms with E-state index in [0.29, 0.717) is 0 Å². The Hall–Kier alpha value is -8.80. The van der Waals surface area contributed by atoms with E-state index in [-0.39, 0.29) is 0 Å². The summed E-state index contributed by atoms with van der Waals surface area (Å²) >= 11 is 0. The van der Waals surface area contributed by atoms with Gasteiger partial charge in [-0.25, -0.2) is 0 Å². The van der Waals surface area contributed by atoms with Crippen molar-refractivity contribution in [1.29, 1.82) is 0 Å². The van der Waals surface area contributed by atoms with Crippen molar-refractivity contribution >= 4 is 22.3 Å². The first-order valence-electron chi connectivity index (χ1n) is 19.3. The van der Waals surface area contributed by atoms with Crippen LogP contribution in [0.25, 0.3) is 22.3 Å². The van der Waals surface area contributed by atoms with Gasteiger partial charge in [0.1, 0.15) is 0 Å². The fraction of sp³-hybridized carbons (Fsp3) is 0. The molecule has 276 valence electrons. The Balaban J connectivity index is 1.15. The molecule has 1 aliphatic rings. The van der Waals surface area contributed by atoms with Crippen LogP contribution in [0.15, 0.2) is 195 Å². The van der Waals surface area contributed by atoms with Gasteiger partial charge in [-0.15, -0.1) is 0 Å². The zero-order chi connectivity index (χ0) is 40.4. The fourth-order valence-corrected chi connectivity index (χ4v) is 6.79. The predicted molar refractivity (Wildman–Crippen MR) is 240 cm³/mol. The van der Waals surface area contributed by atoms with E-state index in [1.165, 1.54) is 0 Å². The summed E-state index contributed by atoms with van der Waals surface area (Å²) in [4.78, 5) is 16.5. The average molecular weight is 761 g/mol. The molecular formula is C56H32N4. The standard InChI is InChI=1S/C56H32N4/c1(5-45-25-33-57-34-26-45)41-9-17-49(18-10-41)53-54(50-19-11-42(12-20-50)2-6-46-27-35-58-36-28-46)56(52-23-15-44(16-24-52)4-8-48-31-39-60-40-32-48)55(53)51-21-13-43(14-22-51)3-7-47-29-37-59-38-30-47/h9-40H. The van der Waals surface area contributed by atoms with Crippen molar-refractivity contribution in [3.63, 3.8) is 0 Å². The Kier molecular flexibility index (Phi) is 10.8. The summed E-state index contributed by atoms with van der Waals surface area (Å²) < 4.78 is 0. The van der Waals surface area contributed by atoms with Gasteiger partial charge in [0.25, 0.3) is 0 Å². The highest BCUT2D eigenvalue weighted by molar-refractivity contribution is 6.43. The molecule has 0 atom stereocenters. The number of allylic oxidation sites excluding steroid dienone is 4. The number of benzene rings is 4. The van der Waals surface area contributed by atoms with Crippen LogP contribution in [0, 0.1) is 47.4 Å². The lowest BCUT2D eigenvalue weighted by Gasteiger charge is -2.33. The second kappa shape index (κ2) is 17.6. The topological polar surface area (TPSA) is 51.6 Å². The molecule has 0 spiro atoms. The van der Waals surface area contributed by atoms with Gasteiger partial charge in [-0.3, -0.25) is 19.9 Å². The number of aromatic nitrogens is 4. The number of pyridine rings is 4. The summed E-state index contributed by atoms with van der Waals surface area (Å²) in [6.45, 7) is 0. The lowest BCUT2D eigenvalue weighted by molar-refractivity contribution is 1.32. The van der Waals surface area contributed by atoms with E-state index in [1.54, 1.807) is 49.6 Å². The first-order chi connectivity index (χ1) is 29.7. The molecule has 0 unspecified atom stereocenters. The van der Waals surface area contributed by atoms with Crippen molar-refractivity contribution in [2.45, 2.75) is 0 Å². The molecule has 0 saturated carbocycles. The number of nitrogens with zero attached hydrogens (tertiary/aromatic N) is 4. The van der Waals surface area contributed by atoms with E-state index in [9.17, 15) is 0 Å². The Bertz CT molecular complexity index is 2670. The van der Waals surface area contributed by atoms with Crippen LogP contribution in [0.3, 0.4) is 0 Å². The van der Waals surface area contributed by atoms with Crippen molar-refractivity contribution in [2.24, 2.45) is 0 Å². The van der Waals surface area contributed by atoms with E-state index >= 15 is 0 Å². The average Bonchev–Trinajstić information content (AvgIpc) is 3.31. The molecule has 4 heteroatoms. The largest absolute Gasteiger partial charge is 0.265 e. The van der Waals surface area contributed by atoms with E-state index in [0.717, 1.165) is 89.1 Å². The summed E-state index contributed by atoms with van der Waals surface area (Å²) in [5.41, 5.74) is 16.4. The first kappa shape index (κ1) is 36.8. The van der Waals surface area contributed by atoms with E-state index in [2.05, 4.69) is 164 Å². The quantitative estimate of drug-likeness (QED) is 0.168. The lowest BCUT2D eigenvalue weighted by atomic mass is 9.69. The van der Waals surface area contributed by atoms with Crippen molar-refractivity contribution in [1.82, 2.24) is 19.9 Å². The third kappa shape index (κ3) is 8.61. The molecule has 0 N–H and O–H groups in total. The van der Waals surface area contributed by atoms with Crippen molar-refractivity contribution in [3.05, 3.63) is 262 Å². The third-order valence-corrected chi connectivity index (χ3v) is 9.82. The van der Waals surface area contributed by atoms with Crippen LogP contribution in [0.1, 0.15) is 66.8 Å². The maximum atomic E-state index is 4.11. The molecule has 4 aromatic carbocycles. The van der Waals surface area contributed by atoms with Gasteiger partial charge in [0.15, 0.2) is 0 Å². The minimum absolute atomic E-state index is 0.921. The van der Waals surface area contributed by atoms with Crippen LogP contribution in [0.2, 0.25) is 0 Å². The molecule has 0 fully saturated rings. The Morgan fingerprint density at radius 1 is 0.183 bits per heavy atom. The van der Waals surface area contributed by atoms with Gasteiger partial charge in [-0.05, 0) is 142 Å². The third-order valence-electron chi connectivity index (χ3n) is 9.82. The normalized spacial score (nSPS) is 11.3. The van der Waals surface area contributed by atoms with E-state index < -0.39 is 0 Å². The second-order valence-corrected chi connectivity index (χ2v) is 13.8. The first-order valence-corrected chi connectivity index (χ1v) is 19.3. The molecule has 4 nitrogen and oxygen atoms in total. The summed E-state index contributed by atoms with van der Waals surface area (Å²) in [5, 5.41) is 0. The zero-order valence-corrected chi connectivity index (χ0v) is 32.3. The molecule has 0 radical (unpaired) electrons. The zero-order valence-electron chi connectivity index (χ0n) is 32.3. The van der Waals surface area contributed by atoms with Crippen LogP contribution < -0.4 is 0 Å². The summed E-state index contributed by atoms with van der Waals surface area (Å²) in [5.74, 6) is 26.3. The van der Waals surface area contributed by atoms with Gasteiger partial charge in [-0.1, -0.05) is 95.9 Å². The van der Waals surface area contributed by atoms with Crippen LogP contribution in [0.5, 0.6) is 0 Å². The highest BCUT2D eigenvalue weighted by Crippen LogP contribution is 2.56. The van der Waals surface area contributed by atoms with Gasteiger partial charge in [-0.2, -0.15) is 0 Å². The molecule has 0 saturated heterocycles. The van der Waals surface area contributed by atoms with E-state index in [4.69, 9.17) is 0 Å². The van der Waals surface area contributed by atoms with Crippen LogP contribution in [-0.4, -0.2) is 19.9 Å². The van der Waals surface area contributed by atoms with E-state index in [1.807, 2.05) is 48.5 Å². The Morgan fingerprint density at radius 2 is 0.333 bits per heavy atom. The maximum absolute atomic E-state index is 4.11.